The maximum absolute atomic E-state index is 12.5. The first-order valence-corrected chi connectivity index (χ1v) is 8.00. The minimum absolute atomic E-state index is 0.0997. The summed E-state index contributed by atoms with van der Waals surface area (Å²) in [6.45, 7) is 0.472. The third kappa shape index (κ3) is 3.12. The topological polar surface area (TPSA) is 59.8 Å². The standard InChI is InChI=1S/C20H16N4O/c25-20(18-3-1-5-19-17(18)4-2-10-22-19)23-13-15-6-8-16(9-7-15)24-12-11-21-14-24/h1-12,14H,13H2,(H,23,25). The van der Waals surface area contributed by atoms with Crippen molar-refractivity contribution in [3.8, 4) is 5.69 Å². The Morgan fingerprint density at radius 2 is 1.88 bits per heavy atom. The Kier molecular flexibility index (Phi) is 3.96. The minimum Gasteiger partial charge on any atom is -0.348 e. The molecule has 0 atom stereocenters. The second-order valence-corrected chi connectivity index (χ2v) is 5.69. The maximum Gasteiger partial charge on any atom is 0.252 e. The van der Waals surface area contributed by atoms with Crippen LogP contribution in [0.3, 0.4) is 0 Å². The molecule has 2 aromatic carbocycles. The molecule has 0 spiro atoms. The molecular formula is C20H16N4O. The van der Waals surface area contributed by atoms with E-state index in [2.05, 4.69) is 15.3 Å². The molecule has 2 heterocycles. The van der Waals surface area contributed by atoms with Crippen LogP contribution in [0.4, 0.5) is 0 Å². The van der Waals surface area contributed by atoms with Crippen LogP contribution in [0.25, 0.3) is 16.6 Å². The van der Waals surface area contributed by atoms with Gasteiger partial charge in [0.2, 0.25) is 0 Å². The molecule has 4 aromatic rings. The van der Waals surface area contributed by atoms with Crippen molar-refractivity contribution in [1.29, 1.82) is 0 Å². The van der Waals surface area contributed by atoms with Crippen molar-refractivity contribution >= 4 is 16.8 Å². The molecule has 0 bridgehead atoms. The first-order valence-electron chi connectivity index (χ1n) is 8.00. The minimum atomic E-state index is -0.0997. The number of hydrogen-bond donors (Lipinski definition) is 1. The highest BCUT2D eigenvalue weighted by atomic mass is 16.1. The largest absolute Gasteiger partial charge is 0.348 e. The Hall–Kier alpha value is -3.47. The van der Waals surface area contributed by atoms with Crippen molar-refractivity contribution in [2.24, 2.45) is 0 Å². The summed E-state index contributed by atoms with van der Waals surface area (Å²) in [7, 11) is 0. The zero-order chi connectivity index (χ0) is 17.1. The molecule has 0 aliphatic heterocycles. The second-order valence-electron chi connectivity index (χ2n) is 5.69. The van der Waals surface area contributed by atoms with Crippen LogP contribution >= 0.6 is 0 Å². The summed E-state index contributed by atoms with van der Waals surface area (Å²) in [5.41, 5.74) is 3.53. The Bertz CT molecular complexity index is 1000. The third-order valence-corrected chi connectivity index (χ3v) is 4.08. The highest BCUT2D eigenvalue weighted by molar-refractivity contribution is 6.06. The van der Waals surface area contributed by atoms with Gasteiger partial charge in [0, 0.05) is 41.8 Å². The Labute approximate surface area is 145 Å². The quantitative estimate of drug-likeness (QED) is 0.625. The van der Waals surface area contributed by atoms with Gasteiger partial charge in [0.1, 0.15) is 0 Å². The van der Waals surface area contributed by atoms with E-state index < -0.39 is 0 Å². The molecule has 0 saturated heterocycles. The molecular weight excluding hydrogens is 312 g/mol. The molecule has 4 rings (SSSR count). The Morgan fingerprint density at radius 3 is 2.68 bits per heavy atom. The van der Waals surface area contributed by atoms with Crippen LogP contribution in [0.5, 0.6) is 0 Å². The number of amides is 1. The number of nitrogens with zero attached hydrogens (tertiary/aromatic N) is 3. The number of hydrogen-bond acceptors (Lipinski definition) is 3. The van der Waals surface area contributed by atoms with Gasteiger partial charge in [0.05, 0.1) is 11.8 Å². The van der Waals surface area contributed by atoms with E-state index in [0.717, 1.165) is 22.2 Å². The first kappa shape index (κ1) is 15.1. The molecule has 25 heavy (non-hydrogen) atoms. The van der Waals surface area contributed by atoms with E-state index in [1.165, 1.54) is 0 Å². The summed E-state index contributed by atoms with van der Waals surface area (Å²) in [6.07, 6.45) is 7.12. The van der Waals surface area contributed by atoms with E-state index in [4.69, 9.17) is 0 Å². The Balaban J connectivity index is 1.48. The molecule has 0 fully saturated rings. The van der Waals surface area contributed by atoms with Crippen molar-refractivity contribution in [1.82, 2.24) is 19.9 Å². The zero-order valence-electron chi connectivity index (χ0n) is 13.5. The van der Waals surface area contributed by atoms with E-state index in [1.54, 1.807) is 18.7 Å². The fraction of sp³-hybridized carbons (Fsp3) is 0.0500. The molecule has 5 heteroatoms. The molecule has 0 radical (unpaired) electrons. The first-order chi connectivity index (χ1) is 12.3. The van der Waals surface area contributed by atoms with E-state index >= 15 is 0 Å². The number of benzene rings is 2. The number of carbonyl (C=O) groups excluding carboxylic acids is 1. The lowest BCUT2D eigenvalue weighted by Gasteiger charge is -2.09. The number of imidazole rings is 1. The summed E-state index contributed by atoms with van der Waals surface area (Å²) in [4.78, 5) is 20.9. The lowest BCUT2D eigenvalue weighted by atomic mass is 10.1. The van der Waals surface area contributed by atoms with Gasteiger partial charge in [-0.3, -0.25) is 9.78 Å². The summed E-state index contributed by atoms with van der Waals surface area (Å²) in [5, 5.41) is 3.83. The maximum atomic E-state index is 12.5. The molecule has 5 nitrogen and oxygen atoms in total. The number of fused-ring (bicyclic) bond motifs is 1. The number of nitrogens with one attached hydrogen (secondary N) is 1. The van der Waals surface area contributed by atoms with Crippen LogP contribution in [0.1, 0.15) is 15.9 Å². The van der Waals surface area contributed by atoms with Crippen LogP contribution in [0.2, 0.25) is 0 Å². The number of rotatable bonds is 4. The number of pyridine rings is 1. The highest BCUT2D eigenvalue weighted by Crippen LogP contribution is 2.16. The van der Waals surface area contributed by atoms with Gasteiger partial charge in [-0.1, -0.05) is 24.3 Å². The van der Waals surface area contributed by atoms with Gasteiger partial charge >= 0.3 is 0 Å². The molecule has 0 aliphatic rings. The molecule has 0 aliphatic carbocycles. The van der Waals surface area contributed by atoms with E-state index in [-0.39, 0.29) is 5.91 Å². The molecule has 2 aromatic heterocycles. The molecule has 0 unspecified atom stereocenters. The fourth-order valence-corrected chi connectivity index (χ4v) is 2.78. The number of carbonyl (C=O) groups is 1. The van der Waals surface area contributed by atoms with Crippen LogP contribution < -0.4 is 5.32 Å². The van der Waals surface area contributed by atoms with Gasteiger partial charge in [-0.05, 0) is 35.9 Å². The molecule has 0 saturated carbocycles. The zero-order valence-corrected chi connectivity index (χ0v) is 13.5. The van der Waals surface area contributed by atoms with E-state index in [9.17, 15) is 4.79 Å². The average molecular weight is 328 g/mol. The predicted octanol–water partition coefficient (Wildman–Crippen LogP) is 3.35. The average Bonchev–Trinajstić information content (AvgIpc) is 3.21. The number of aromatic nitrogens is 3. The molecule has 122 valence electrons. The molecule has 1 N–H and O–H groups in total. The van der Waals surface area contributed by atoms with Gasteiger partial charge in [-0.25, -0.2) is 4.98 Å². The van der Waals surface area contributed by atoms with Gasteiger partial charge < -0.3 is 9.88 Å². The van der Waals surface area contributed by atoms with Crippen molar-refractivity contribution in [2.45, 2.75) is 6.54 Å². The van der Waals surface area contributed by atoms with Crippen molar-refractivity contribution in [2.75, 3.05) is 0 Å². The van der Waals surface area contributed by atoms with Crippen LogP contribution in [0, 0.1) is 0 Å². The third-order valence-electron chi connectivity index (χ3n) is 4.08. The summed E-state index contributed by atoms with van der Waals surface area (Å²) < 4.78 is 1.94. The van der Waals surface area contributed by atoms with E-state index in [0.29, 0.717) is 12.1 Å². The van der Waals surface area contributed by atoms with Gasteiger partial charge in [-0.15, -0.1) is 0 Å². The molecule has 1 amide bonds. The SMILES string of the molecule is O=C(NCc1ccc(-n2ccnc2)cc1)c1cccc2ncccc12. The summed E-state index contributed by atoms with van der Waals surface area (Å²) in [6, 6.07) is 17.3. The van der Waals surface area contributed by atoms with Crippen LogP contribution in [0.15, 0.2) is 79.5 Å². The smallest absolute Gasteiger partial charge is 0.252 e. The lowest BCUT2D eigenvalue weighted by molar-refractivity contribution is 0.0952. The monoisotopic (exact) mass is 328 g/mol. The normalized spacial score (nSPS) is 10.7. The van der Waals surface area contributed by atoms with Crippen molar-refractivity contribution < 1.29 is 4.79 Å². The fourth-order valence-electron chi connectivity index (χ4n) is 2.78. The predicted molar refractivity (Wildman–Crippen MR) is 96.5 cm³/mol. The Morgan fingerprint density at radius 1 is 1.00 bits per heavy atom. The van der Waals surface area contributed by atoms with Gasteiger partial charge in [0.25, 0.3) is 5.91 Å². The van der Waals surface area contributed by atoms with Gasteiger partial charge in [0.15, 0.2) is 0 Å². The van der Waals surface area contributed by atoms with Crippen LogP contribution in [-0.4, -0.2) is 20.4 Å². The van der Waals surface area contributed by atoms with Crippen molar-refractivity contribution in [3.63, 3.8) is 0 Å². The highest BCUT2D eigenvalue weighted by Gasteiger charge is 2.09. The van der Waals surface area contributed by atoms with Crippen molar-refractivity contribution in [3.05, 3.63) is 90.6 Å². The summed E-state index contributed by atoms with van der Waals surface area (Å²) >= 11 is 0. The van der Waals surface area contributed by atoms with E-state index in [1.807, 2.05) is 65.4 Å². The lowest BCUT2D eigenvalue weighted by Crippen LogP contribution is -2.23. The second kappa shape index (κ2) is 6.57. The van der Waals surface area contributed by atoms with Crippen LogP contribution in [-0.2, 0) is 6.54 Å². The summed E-state index contributed by atoms with van der Waals surface area (Å²) in [5.74, 6) is -0.0997. The van der Waals surface area contributed by atoms with Gasteiger partial charge in [-0.2, -0.15) is 0 Å².